The van der Waals surface area contributed by atoms with Gasteiger partial charge < -0.3 is 0 Å². The number of rotatable bonds is 1. The fourth-order valence-electron chi connectivity index (χ4n) is 1.96. The van der Waals surface area contributed by atoms with Gasteiger partial charge in [-0.2, -0.15) is 0 Å². The van der Waals surface area contributed by atoms with Gasteiger partial charge in [0.15, 0.2) is 0 Å². The quantitative estimate of drug-likeness (QED) is 0.384. The zero-order chi connectivity index (χ0) is 6.85. The van der Waals surface area contributed by atoms with E-state index in [0.29, 0.717) is 0 Å². The summed E-state index contributed by atoms with van der Waals surface area (Å²) in [7, 11) is 3.56. The molecule has 0 nitrogen and oxygen atoms in total. The molecule has 9 heavy (non-hydrogen) atoms. The molecule has 2 heteroatoms. The van der Waals surface area contributed by atoms with Crippen LogP contribution < -0.4 is 0 Å². The molecule has 0 N–H and O–H groups in total. The lowest BCUT2D eigenvalue weighted by Crippen LogP contribution is -2.02. The van der Waals surface area contributed by atoms with Gasteiger partial charge in [0, 0.05) is 0 Å². The first-order chi connectivity index (χ1) is 4.24. The molecule has 1 aliphatic carbocycles. The van der Waals surface area contributed by atoms with Crippen molar-refractivity contribution in [1.82, 2.24) is 0 Å². The second-order valence-corrected chi connectivity index (χ2v) is 4.77. The molecular formula is C7H16BP. The van der Waals surface area contributed by atoms with E-state index in [9.17, 15) is 0 Å². The van der Waals surface area contributed by atoms with E-state index in [1.54, 1.807) is 0 Å². The summed E-state index contributed by atoms with van der Waals surface area (Å²) in [4.78, 5) is 0. The zero-order valence-electron chi connectivity index (χ0n) is 6.65. The third kappa shape index (κ3) is 1.71. The summed E-state index contributed by atoms with van der Waals surface area (Å²) < 4.78 is 0. The van der Waals surface area contributed by atoms with E-state index in [4.69, 9.17) is 0 Å². The van der Waals surface area contributed by atoms with Crippen LogP contribution in [0.1, 0.15) is 19.8 Å². The molecule has 0 aromatic heterocycles. The van der Waals surface area contributed by atoms with Crippen molar-refractivity contribution >= 4 is 16.4 Å². The first-order valence-electron chi connectivity index (χ1n) is 3.91. The van der Waals surface area contributed by atoms with Crippen molar-refractivity contribution in [2.24, 2.45) is 5.92 Å². The van der Waals surface area contributed by atoms with Crippen molar-refractivity contribution in [1.29, 1.82) is 0 Å². The van der Waals surface area contributed by atoms with Crippen LogP contribution in [0.3, 0.4) is 0 Å². The number of hydrogen-bond donors (Lipinski definition) is 0. The lowest BCUT2D eigenvalue weighted by Gasteiger charge is -2.10. The van der Waals surface area contributed by atoms with Gasteiger partial charge in [-0.25, -0.2) is 0 Å². The van der Waals surface area contributed by atoms with Crippen LogP contribution in [0.4, 0.5) is 0 Å². The van der Waals surface area contributed by atoms with Crippen LogP contribution in [0.5, 0.6) is 0 Å². The molecule has 4 unspecified atom stereocenters. The summed E-state index contributed by atoms with van der Waals surface area (Å²) in [5.74, 6) is 2.03. The molecule has 4 atom stereocenters. The lowest BCUT2D eigenvalue weighted by molar-refractivity contribution is 0.622. The molecule has 0 aromatic rings. The maximum atomic E-state index is 2.41. The molecule has 0 aromatic carbocycles. The summed E-state index contributed by atoms with van der Waals surface area (Å²) in [6.45, 7) is 4.75. The topological polar surface area (TPSA) is 0 Å². The first kappa shape index (κ1) is 7.60. The van der Waals surface area contributed by atoms with Gasteiger partial charge in [-0.15, -0.1) is 8.58 Å². The van der Waals surface area contributed by atoms with Gasteiger partial charge in [0.05, 0.1) is 0 Å². The van der Waals surface area contributed by atoms with Crippen LogP contribution in [0.2, 0.25) is 5.82 Å². The average Bonchev–Trinajstić information content (AvgIpc) is 2.10. The minimum Gasteiger partial charge on any atom is -0.122 e. The fourth-order valence-corrected chi connectivity index (χ4v) is 3.31. The molecule has 52 valence electrons. The summed E-state index contributed by atoms with van der Waals surface area (Å²) in [6.07, 6.45) is 2.97. The monoisotopic (exact) mass is 142 g/mol. The van der Waals surface area contributed by atoms with Crippen molar-refractivity contribution in [3.63, 3.8) is 0 Å². The maximum absolute atomic E-state index is 2.41. The smallest absolute Gasteiger partial charge is 0.105 e. The SMILES string of the molecule is BC1CC(C)C(PC)C1. The summed E-state index contributed by atoms with van der Waals surface area (Å²) in [5, 5.41) is 0. The maximum Gasteiger partial charge on any atom is 0.105 e. The van der Waals surface area contributed by atoms with Crippen LogP contribution in [0, 0.1) is 5.92 Å². The van der Waals surface area contributed by atoms with Gasteiger partial charge >= 0.3 is 0 Å². The molecule has 0 bridgehead atoms. The largest absolute Gasteiger partial charge is 0.122 e. The Morgan fingerprint density at radius 3 is 2.33 bits per heavy atom. The highest BCUT2D eigenvalue weighted by molar-refractivity contribution is 7.37. The Morgan fingerprint density at radius 1 is 1.44 bits per heavy atom. The Kier molecular flexibility index (Phi) is 2.58. The highest BCUT2D eigenvalue weighted by atomic mass is 31.1. The molecule has 1 aliphatic rings. The number of hydrogen-bond acceptors (Lipinski definition) is 0. The van der Waals surface area contributed by atoms with Crippen LogP contribution in [0.25, 0.3) is 0 Å². The predicted molar refractivity (Wildman–Crippen MR) is 48.7 cm³/mol. The highest BCUT2D eigenvalue weighted by Crippen LogP contribution is 2.41. The molecule has 0 spiro atoms. The Bertz CT molecular complexity index is 94.9. The van der Waals surface area contributed by atoms with Gasteiger partial charge in [0.2, 0.25) is 0 Å². The second kappa shape index (κ2) is 3.06. The van der Waals surface area contributed by atoms with Gasteiger partial charge in [-0.3, -0.25) is 0 Å². The minimum atomic E-state index is 1.01. The molecule has 0 aliphatic heterocycles. The van der Waals surface area contributed by atoms with Crippen molar-refractivity contribution in [3.8, 4) is 0 Å². The molecule has 0 saturated heterocycles. The van der Waals surface area contributed by atoms with E-state index in [-0.39, 0.29) is 0 Å². The normalized spacial score (nSPS) is 44.9. The van der Waals surface area contributed by atoms with Gasteiger partial charge in [0.25, 0.3) is 0 Å². The molecular weight excluding hydrogens is 126 g/mol. The van der Waals surface area contributed by atoms with Crippen LogP contribution in [-0.4, -0.2) is 20.2 Å². The van der Waals surface area contributed by atoms with Gasteiger partial charge in [-0.05, 0) is 18.2 Å². The van der Waals surface area contributed by atoms with E-state index >= 15 is 0 Å². The molecule has 0 heterocycles. The van der Waals surface area contributed by atoms with Crippen molar-refractivity contribution in [3.05, 3.63) is 0 Å². The fraction of sp³-hybridized carbons (Fsp3) is 1.00. The third-order valence-electron chi connectivity index (χ3n) is 2.49. The predicted octanol–water partition coefficient (Wildman–Crippen LogP) is 1.51. The Hall–Kier alpha value is 0.495. The average molecular weight is 142 g/mol. The van der Waals surface area contributed by atoms with Crippen molar-refractivity contribution in [2.45, 2.75) is 31.2 Å². The van der Waals surface area contributed by atoms with E-state index in [2.05, 4.69) is 21.4 Å². The molecule has 0 radical (unpaired) electrons. The summed E-state index contributed by atoms with van der Waals surface area (Å²) in [6, 6.07) is 0. The van der Waals surface area contributed by atoms with E-state index in [1.165, 1.54) is 21.4 Å². The summed E-state index contributed by atoms with van der Waals surface area (Å²) in [5.41, 5.74) is 1.07. The Morgan fingerprint density at radius 2 is 2.11 bits per heavy atom. The van der Waals surface area contributed by atoms with Crippen molar-refractivity contribution < 1.29 is 0 Å². The third-order valence-corrected chi connectivity index (χ3v) is 4.03. The minimum absolute atomic E-state index is 1.01. The zero-order valence-corrected chi connectivity index (χ0v) is 7.65. The first-order valence-corrected chi connectivity index (χ1v) is 5.49. The van der Waals surface area contributed by atoms with E-state index in [0.717, 1.165) is 17.4 Å². The molecule has 0 amide bonds. The second-order valence-electron chi connectivity index (χ2n) is 3.45. The van der Waals surface area contributed by atoms with Crippen molar-refractivity contribution in [2.75, 3.05) is 6.66 Å². The Labute approximate surface area is 61.0 Å². The lowest BCUT2D eigenvalue weighted by atomic mass is 9.86. The van der Waals surface area contributed by atoms with Gasteiger partial charge in [0.1, 0.15) is 7.85 Å². The molecule has 1 rings (SSSR count). The Balaban J connectivity index is 2.38. The van der Waals surface area contributed by atoms with E-state index in [1.807, 2.05) is 0 Å². The van der Waals surface area contributed by atoms with Crippen LogP contribution in [-0.2, 0) is 0 Å². The van der Waals surface area contributed by atoms with Crippen LogP contribution >= 0.6 is 8.58 Å². The van der Waals surface area contributed by atoms with Crippen LogP contribution in [0.15, 0.2) is 0 Å². The van der Waals surface area contributed by atoms with E-state index < -0.39 is 0 Å². The molecule has 1 fully saturated rings. The highest BCUT2D eigenvalue weighted by Gasteiger charge is 2.26. The standard InChI is InChI=1S/C7H16BP/c1-5-3-6(8)4-7(5)9-2/h5-7,9H,3-4,8H2,1-2H3. The summed E-state index contributed by atoms with van der Waals surface area (Å²) >= 11 is 0. The molecule has 1 saturated carbocycles. The van der Waals surface area contributed by atoms with Gasteiger partial charge in [-0.1, -0.05) is 25.6 Å².